The van der Waals surface area contributed by atoms with Crippen molar-refractivity contribution in [3.05, 3.63) is 89.3 Å². The molecule has 6 nitrogen and oxygen atoms in total. The topological polar surface area (TPSA) is 87.7 Å². The Morgan fingerprint density at radius 2 is 1.15 bits per heavy atom. The summed E-state index contributed by atoms with van der Waals surface area (Å²) in [5.74, 6) is -0.781. The van der Waals surface area contributed by atoms with Crippen LogP contribution in [-0.2, 0) is 0 Å². The van der Waals surface area contributed by atoms with Crippen LogP contribution in [0.3, 0.4) is 0 Å². The molecule has 34 heavy (non-hydrogen) atoms. The van der Waals surface area contributed by atoms with E-state index in [1.165, 1.54) is 24.3 Å². The van der Waals surface area contributed by atoms with E-state index in [0.717, 1.165) is 5.56 Å². The molecule has 0 radical (unpaired) electrons. The smallest absolute Gasteiger partial charge is 0.206 e. The number of fused-ring (bicyclic) bond motifs is 8. The Morgan fingerprint density at radius 1 is 0.647 bits per heavy atom. The van der Waals surface area contributed by atoms with Crippen LogP contribution in [0.15, 0.2) is 60.1 Å². The molecule has 2 heterocycles. The largest absolute Gasteiger partial charge is 0.244 e. The fourth-order valence-electron chi connectivity index (χ4n) is 4.67. The third-order valence-electron chi connectivity index (χ3n) is 6.18. The maximum absolute atomic E-state index is 13.9. The maximum atomic E-state index is 13.9. The van der Waals surface area contributed by atoms with Gasteiger partial charge in [-0.2, -0.15) is 10.3 Å². The molecule has 0 aliphatic heterocycles. The van der Waals surface area contributed by atoms with E-state index in [1.54, 1.807) is 30.5 Å². The van der Waals surface area contributed by atoms with Crippen molar-refractivity contribution in [2.45, 2.75) is 0 Å². The molecule has 158 valence electrons. The lowest BCUT2D eigenvalue weighted by molar-refractivity contribution is 0.627. The van der Waals surface area contributed by atoms with E-state index in [-0.39, 0.29) is 11.5 Å². The fraction of sp³-hybridized carbons (Fsp3) is 0. The van der Waals surface area contributed by atoms with Gasteiger partial charge < -0.3 is 0 Å². The molecule has 0 atom stereocenters. The number of hydrogen-bond donors (Lipinski definition) is 0. The second-order valence-electron chi connectivity index (χ2n) is 8.09. The first-order valence-corrected chi connectivity index (χ1v) is 10.3. The Bertz CT molecular complexity index is 1870. The van der Waals surface area contributed by atoms with Gasteiger partial charge in [-0.1, -0.05) is 6.58 Å². The molecule has 7 rings (SSSR count). The summed E-state index contributed by atoms with van der Waals surface area (Å²) in [6.07, 6.45) is 1.77. The van der Waals surface area contributed by atoms with Crippen LogP contribution in [-0.4, -0.2) is 25.6 Å². The molecule has 0 N–H and O–H groups in total. The van der Waals surface area contributed by atoms with Crippen molar-refractivity contribution in [3.8, 4) is 28.7 Å². The normalized spacial score (nSPS) is 14.3. The second-order valence-corrected chi connectivity index (χ2v) is 8.09. The number of aromatic nitrogens is 4. The molecule has 0 amide bonds. The minimum Gasteiger partial charge on any atom is -0.244 e. The average molecular weight is 444 g/mol. The summed E-state index contributed by atoms with van der Waals surface area (Å²) in [4.78, 5) is 22.9. The second kappa shape index (κ2) is 6.33. The van der Waals surface area contributed by atoms with Crippen molar-refractivity contribution in [3.63, 3.8) is 0 Å². The van der Waals surface area contributed by atoms with Crippen LogP contribution in [0.25, 0.3) is 50.2 Å². The number of halogens is 2. The number of hydrogen-bond acceptors (Lipinski definition) is 6. The first kappa shape index (κ1) is 18.7. The first-order chi connectivity index (χ1) is 16.5. The summed E-state index contributed by atoms with van der Waals surface area (Å²) >= 11 is 0. The van der Waals surface area contributed by atoms with Gasteiger partial charge in [-0.3, -0.25) is 0 Å². The summed E-state index contributed by atoms with van der Waals surface area (Å²) in [6.45, 7) is 4.08. The van der Waals surface area contributed by atoms with E-state index in [0.29, 0.717) is 67.1 Å². The molecule has 8 heteroatoms. The fourth-order valence-corrected chi connectivity index (χ4v) is 4.67. The van der Waals surface area contributed by atoms with E-state index in [9.17, 15) is 14.0 Å². The van der Waals surface area contributed by atoms with Crippen LogP contribution in [0.1, 0.15) is 22.5 Å². The lowest BCUT2D eigenvalue weighted by atomic mass is 10.1. The van der Waals surface area contributed by atoms with Gasteiger partial charge in [-0.05, 0) is 54.1 Å². The monoisotopic (exact) mass is 444 g/mol. The molecule has 0 saturated carbocycles. The average Bonchev–Trinajstić information content (AvgIpc) is 3.26. The summed E-state index contributed by atoms with van der Waals surface area (Å²) in [7, 11) is 0. The number of aliphatic imine (C=N–C) groups is 1. The third-order valence-corrected chi connectivity index (χ3v) is 6.18. The van der Waals surface area contributed by atoms with Gasteiger partial charge in [0.05, 0.1) is 39.1 Å². The van der Waals surface area contributed by atoms with Crippen molar-refractivity contribution in [2.24, 2.45) is 4.99 Å². The minimum atomic E-state index is -0.434. The molecule has 2 aliphatic rings. The first-order valence-electron chi connectivity index (χ1n) is 10.3. The summed E-state index contributed by atoms with van der Waals surface area (Å²) < 4.78 is 27.7. The Morgan fingerprint density at radius 3 is 1.76 bits per heavy atom. The number of rotatable bonds is 0. The molecule has 0 bridgehead atoms. The number of nitrogens with zero attached hydrogens (tertiary/aromatic N) is 6. The zero-order chi connectivity index (χ0) is 23.1. The van der Waals surface area contributed by atoms with Crippen LogP contribution in [0.4, 0.5) is 8.78 Å². The molecule has 5 aromatic rings. The van der Waals surface area contributed by atoms with Gasteiger partial charge in [0.1, 0.15) is 23.0 Å². The number of nitriles is 1. The van der Waals surface area contributed by atoms with Gasteiger partial charge >= 0.3 is 0 Å². The molecular weight excluding hydrogens is 434 g/mol. The van der Waals surface area contributed by atoms with Crippen LogP contribution in [0.5, 0.6) is 0 Å². The Kier molecular flexibility index (Phi) is 3.47. The lowest BCUT2D eigenvalue weighted by Crippen LogP contribution is -2.02. The lowest BCUT2D eigenvalue weighted by Gasteiger charge is -2.06. The Labute approximate surface area is 190 Å². The van der Waals surface area contributed by atoms with Crippen molar-refractivity contribution in [2.75, 3.05) is 0 Å². The van der Waals surface area contributed by atoms with E-state index < -0.39 is 5.82 Å². The summed E-state index contributed by atoms with van der Waals surface area (Å²) in [5, 5.41) is 9.18. The Balaban J connectivity index is 1.49. The predicted molar refractivity (Wildman–Crippen MR) is 123 cm³/mol. The van der Waals surface area contributed by atoms with Gasteiger partial charge in [0.2, 0.25) is 6.19 Å². The third kappa shape index (κ3) is 2.38. The van der Waals surface area contributed by atoms with Crippen LogP contribution in [0, 0.1) is 23.1 Å². The van der Waals surface area contributed by atoms with Crippen LogP contribution in [0.2, 0.25) is 0 Å². The summed E-state index contributed by atoms with van der Waals surface area (Å²) in [6, 6.07) is 12.3. The van der Waals surface area contributed by atoms with Gasteiger partial charge in [-0.15, -0.1) is 0 Å². The number of benzene rings is 3. The SMILES string of the molecule is C=C1c2cc(F)ccc2-c2nc3cc4nc5c(nc4cc3nc21)-c1ccc(F)cc1C5=NC#N. The zero-order valence-corrected chi connectivity index (χ0v) is 17.3. The summed E-state index contributed by atoms with van der Waals surface area (Å²) in [5.41, 5.74) is 7.96. The van der Waals surface area contributed by atoms with Gasteiger partial charge in [0.25, 0.3) is 0 Å². The molecule has 2 aliphatic carbocycles. The zero-order valence-electron chi connectivity index (χ0n) is 17.3. The highest BCUT2D eigenvalue weighted by Crippen LogP contribution is 2.42. The molecule has 0 unspecified atom stereocenters. The molecule has 3 aromatic carbocycles. The maximum Gasteiger partial charge on any atom is 0.206 e. The quantitative estimate of drug-likeness (QED) is 0.237. The highest BCUT2D eigenvalue weighted by atomic mass is 19.1. The van der Waals surface area contributed by atoms with Crippen LogP contribution >= 0.6 is 0 Å². The van der Waals surface area contributed by atoms with E-state index in [1.807, 2.05) is 0 Å². The van der Waals surface area contributed by atoms with Crippen molar-refractivity contribution >= 4 is 33.4 Å². The highest BCUT2D eigenvalue weighted by molar-refractivity contribution is 6.23. The van der Waals surface area contributed by atoms with Gasteiger partial charge in [-0.25, -0.2) is 28.7 Å². The highest BCUT2D eigenvalue weighted by Gasteiger charge is 2.30. The van der Waals surface area contributed by atoms with Crippen LogP contribution < -0.4 is 0 Å². The van der Waals surface area contributed by atoms with Crippen molar-refractivity contribution in [1.82, 2.24) is 19.9 Å². The molecule has 2 aromatic heterocycles. The molecule has 0 saturated heterocycles. The van der Waals surface area contributed by atoms with E-state index >= 15 is 0 Å². The van der Waals surface area contributed by atoms with Crippen molar-refractivity contribution in [1.29, 1.82) is 5.26 Å². The van der Waals surface area contributed by atoms with Gasteiger partial charge in [0, 0.05) is 22.3 Å². The molecule has 0 fully saturated rings. The molecular formula is C26H10F2N6. The standard InChI is InChI=1S/C26H10F2N6/c1-11-16-6-12(27)2-4-14(16)24-22(11)31-18-8-20-21(9-19(18)32-24)34-26-23(30-10-29)17-7-13(28)3-5-15(17)25(26)33-20/h2-9H,1H2. The minimum absolute atomic E-state index is 0.286. The van der Waals surface area contributed by atoms with E-state index in [4.69, 9.17) is 19.9 Å². The van der Waals surface area contributed by atoms with E-state index in [2.05, 4.69) is 11.6 Å². The van der Waals surface area contributed by atoms with Gasteiger partial charge in [0.15, 0.2) is 0 Å². The van der Waals surface area contributed by atoms with Crippen molar-refractivity contribution < 1.29 is 8.78 Å². The molecule has 0 spiro atoms. The Hall–Kier alpha value is -4.90. The predicted octanol–water partition coefficient (Wildman–Crippen LogP) is 5.19.